The fourth-order valence-corrected chi connectivity index (χ4v) is 7.01. The zero-order valence-corrected chi connectivity index (χ0v) is 25.7. The minimum Gasteiger partial charge on any atom is -0.397 e. The number of nitrogens with zero attached hydrogens (tertiary/aromatic N) is 8. The first-order chi connectivity index (χ1) is 21.4. The zero-order chi connectivity index (χ0) is 32.2. The van der Waals surface area contributed by atoms with Crippen LogP contribution in [0.4, 0.5) is 20.4 Å². The predicted octanol–water partition coefficient (Wildman–Crippen LogP) is -0.427. The van der Waals surface area contributed by atoms with Crippen molar-refractivity contribution < 1.29 is 46.4 Å². The predicted molar refractivity (Wildman–Crippen MR) is 154 cm³/mol. The lowest BCUT2D eigenvalue weighted by atomic mass is 10.1. The van der Waals surface area contributed by atoms with Crippen LogP contribution >= 0.6 is 26.2 Å². The molecule has 2 aliphatic heterocycles. The molecule has 0 saturated carbocycles. The van der Waals surface area contributed by atoms with Crippen molar-refractivity contribution in [3.8, 4) is 0 Å². The average Bonchev–Trinajstić information content (AvgIpc) is 3.73. The van der Waals surface area contributed by atoms with E-state index in [1.54, 1.807) is 0 Å². The van der Waals surface area contributed by atoms with Crippen molar-refractivity contribution in [2.24, 2.45) is 0 Å². The summed E-state index contributed by atoms with van der Waals surface area (Å²) in [6, 6.07) is 1.47. The van der Waals surface area contributed by atoms with Crippen molar-refractivity contribution in [3.05, 3.63) is 22.6 Å². The number of aromatic amines is 1. The number of aromatic nitrogens is 9. The summed E-state index contributed by atoms with van der Waals surface area (Å²) in [5, 5.41) is 24.8. The first-order valence-corrected chi connectivity index (χ1v) is 17.5. The number of thiol groups is 1. The molecule has 0 radical (unpaired) electrons. The lowest BCUT2D eigenvalue weighted by molar-refractivity contribution is -0.0601. The number of hydrogen-bond donors (Lipinski definition) is 6. The number of aliphatic hydroxyl groups is 1. The van der Waals surface area contributed by atoms with Crippen LogP contribution in [0, 0.1) is 0 Å². The van der Waals surface area contributed by atoms with Gasteiger partial charge in [0.2, 0.25) is 5.95 Å². The molecule has 7 N–H and O–H groups in total. The fourth-order valence-electron chi connectivity index (χ4n) is 4.82. The van der Waals surface area contributed by atoms with Crippen LogP contribution in [0.25, 0.3) is 22.3 Å². The monoisotopic (exact) mass is 712 g/mol. The molecule has 4 aromatic heterocycles. The van der Waals surface area contributed by atoms with Gasteiger partial charge in [0, 0.05) is 6.20 Å². The van der Waals surface area contributed by atoms with Crippen LogP contribution in [0.15, 0.2) is 17.1 Å². The van der Waals surface area contributed by atoms with Gasteiger partial charge in [-0.25, -0.2) is 13.8 Å². The summed E-state index contributed by atoms with van der Waals surface area (Å²) in [5.74, 6) is -0.309. The molecule has 6 rings (SSSR count). The van der Waals surface area contributed by atoms with E-state index in [9.17, 15) is 19.4 Å². The Balaban J connectivity index is 1.22. The Labute approximate surface area is 259 Å². The lowest BCUT2D eigenvalue weighted by Crippen LogP contribution is -2.34. The number of nitrogens with two attached hydrogens (primary N) is 2. The van der Waals surface area contributed by atoms with Crippen molar-refractivity contribution in [1.29, 1.82) is 0 Å². The average molecular weight is 713 g/mol. The summed E-state index contributed by atoms with van der Waals surface area (Å²) >= 11 is 8.78. The normalized spacial score (nSPS) is 30.3. The van der Waals surface area contributed by atoms with Gasteiger partial charge < -0.3 is 35.5 Å². The SMILES string of the molecule is Nc1nc2c(nnn2[C@@H]2O[C@H](CO)[C@@H](F)[C@H]2OP(O)(=S)OC[C@H]2O[C@@H](n3nnc4c(N)ccnc43)[C@@H](F)[C@@H]2O[P+](=O)S)c(=O)[nH]1. The highest BCUT2D eigenvalue weighted by Crippen LogP contribution is 2.51. The molecule has 242 valence electrons. The zero-order valence-electron chi connectivity index (χ0n) is 22.2. The summed E-state index contributed by atoms with van der Waals surface area (Å²) in [6.07, 6.45) is -12.1. The summed E-state index contributed by atoms with van der Waals surface area (Å²) in [4.78, 5) is 33.4. The van der Waals surface area contributed by atoms with Crippen LogP contribution in [-0.2, 0) is 39.4 Å². The molecule has 0 aromatic carbocycles. The van der Waals surface area contributed by atoms with E-state index in [0.29, 0.717) is 0 Å². The molecule has 45 heavy (non-hydrogen) atoms. The number of fused-ring (bicyclic) bond motifs is 2. The van der Waals surface area contributed by atoms with Crippen molar-refractivity contribution in [2.75, 3.05) is 24.7 Å². The van der Waals surface area contributed by atoms with Crippen molar-refractivity contribution >= 4 is 72.0 Å². The summed E-state index contributed by atoms with van der Waals surface area (Å²) in [7, 11) is -2.66. The van der Waals surface area contributed by atoms with Crippen molar-refractivity contribution in [2.45, 2.75) is 49.2 Å². The molecular formula is C19H22F2N11O9P2S2+. The van der Waals surface area contributed by atoms with E-state index in [2.05, 4.69) is 47.8 Å². The van der Waals surface area contributed by atoms with E-state index in [1.165, 1.54) is 12.3 Å². The number of anilines is 2. The van der Waals surface area contributed by atoms with E-state index in [0.717, 1.165) is 9.36 Å². The number of pyridine rings is 1. The Kier molecular flexibility index (Phi) is 8.82. The highest BCUT2D eigenvalue weighted by molar-refractivity contribution is 8.39. The molecule has 2 aliphatic rings. The van der Waals surface area contributed by atoms with Crippen LogP contribution in [0.5, 0.6) is 0 Å². The van der Waals surface area contributed by atoms with Gasteiger partial charge in [-0.05, 0) is 22.4 Å². The van der Waals surface area contributed by atoms with Crippen LogP contribution < -0.4 is 17.0 Å². The van der Waals surface area contributed by atoms with Gasteiger partial charge >= 0.3 is 13.9 Å². The largest absolute Gasteiger partial charge is 0.582 e. The number of halogens is 2. The highest BCUT2D eigenvalue weighted by atomic mass is 32.7. The molecule has 0 aliphatic carbocycles. The molecule has 0 spiro atoms. The summed E-state index contributed by atoms with van der Waals surface area (Å²) in [6.45, 7) is -5.98. The maximum absolute atomic E-state index is 15.7. The highest BCUT2D eigenvalue weighted by Gasteiger charge is 2.54. The van der Waals surface area contributed by atoms with Crippen LogP contribution in [0.2, 0.25) is 0 Å². The Morgan fingerprint density at radius 1 is 1.11 bits per heavy atom. The molecule has 26 heteroatoms. The second kappa shape index (κ2) is 12.4. The van der Waals surface area contributed by atoms with Crippen LogP contribution in [0.3, 0.4) is 0 Å². The standard InChI is InChI=1S/C19H21F2N11O9P2S2/c20-8-6(3-33)38-18(32-15-11(28-30-32)16(34)26-19(23)25-15)13(8)41-43(36,45)37-4-7-12(40-42(35)44)9(21)17(39-7)31-14-10(27-29-31)5(22)1-2-24-14/h1-2,6-9,12-13,17-18,33H,3-4H2,(H6-,22,23,24,25,26,29,30,34,35,36,44,45)/p+1/t6-,7-,8-,9+,12-,13-,17-,18-,43?/m1/s1. The minimum absolute atomic E-state index is 0.0763. The number of rotatable bonds is 10. The molecule has 6 heterocycles. The van der Waals surface area contributed by atoms with Crippen LogP contribution in [0.1, 0.15) is 12.5 Å². The Bertz CT molecular complexity index is 1870. The first-order valence-electron chi connectivity index (χ1n) is 12.6. The fraction of sp³-hybridized carbons (Fsp3) is 0.526. The van der Waals surface area contributed by atoms with Crippen LogP contribution in [-0.4, -0.2) is 105 Å². The molecule has 0 amide bonds. The molecule has 20 nitrogen and oxygen atoms in total. The number of aliphatic hydroxyl groups excluding tert-OH is 1. The second-order valence-electron chi connectivity index (χ2n) is 9.61. The van der Waals surface area contributed by atoms with Gasteiger partial charge in [0.1, 0.15) is 30.6 Å². The van der Waals surface area contributed by atoms with Gasteiger partial charge in [0.25, 0.3) is 5.56 Å². The quantitative estimate of drug-likeness (QED) is 0.0899. The number of hydrogen-bond acceptors (Lipinski definition) is 17. The van der Waals surface area contributed by atoms with Gasteiger partial charge in [0.15, 0.2) is 53.2 Å². The molecule has 4 aromatic rings. The molecule has 10 atom stereocenters. The van der Waals surface area contributed by atoms with E-state index < -0.39 is 81.9 Å². The maximum Gasteiger partial charge on any atom is 0.582 e. The molecule has 0 bridgehead atoms. The van der Waals surface area contributed by atoms with Gasteiger partial charge in [-0.3, -0.25) is 14.3 Å². The number of H-pyrrole nitrogens is 1. The third-order valence-corrected chi connectivity index (χ3v) is 9.08. The van der Waals surface area contributed by atoms with Gasteiger partial charge in [0.05, 0.1) is 18.9 Å². The summed E-state index contributed by atoms with van der Waals surface area (Å²) in [5.41, 5.74) is 10.7. The Morgan fingerprint density at radius 2 is 1.80 bits per heavy atom. The lowest BCUT2D eigenvalue weighted by Gasteiger charge is -2.25. The first kappa shape index (κ1) is 32.1. The van der Waals surface area contributed by atoms with Gasteiger partial charge in [-0.15, -0.1) is 14.7 Å². The van der Waals surface area contributed by atoms with Crippen molar-refractivity contribution in [1.82, 2.24) is 44.9 Å². The number of alkyl halides is 2. The van der Waals surface area contributed by atoms with E-state index >= 15 is 8.78 Å². The number of nitrogens with one attached hydrogen (secondary N) is 1. The molecule has 2 unspecified atom stereocenters. The van der Waals surface area contributed by atoms with E-state index in [1.807, 2.05) is 0 Å². The topological polar surface area (TPSA) is 276 Å². The third-order valence-electron chi connectivity index (χ3n) is 6.81. The van der Waals surface area contributed by atoms with E-state index in [-0.39, 0.29) is 34.0 Å². The number of ether oxygens (including phenoxy) is 2. The smallest absolute Gasteiger partial charge is 0.397 e. The summed E-state index contributed by atoms with van der Waals surface area (Å²) < 4.78 is 72.0. The molecule has 2 saturated heterocycles. The maximum atomic E-state index is 15.7. The van der Waals surface area contributed by atoms with Gasteiger partial charge in [-0.1, -0.05) is 10.4 Å². The molecular weight excluding hydrogens is 690 g/mol. The minimum atomic E-state index is -4.45. The molecule has 2 fully saturated rings. The van der Waals surface area contributed by atoms with E-state index in [4.69, 9.17) is 46.3 Å². The van der Waals surface area contributed by atoms with Crippen molar-refractivity contribution in [3.63, 3.8) is 0 Å². The Morgan fingerprint density at radius 3 is 2.51 bits per heavy atom. The third kappa shape index (κ3) is 6.03. The number of nitrogen functional groups attached to an aromatic ring is 2. The Hall–Kier alpha value is -2.89. The van der Waals surface area contributed by atoms with Gasteiger partial charge in [-0.2, -0.15) is 14.3 Å². The second-order valence-corrected chi connectivity index (χ2v) is 14.1.